The van der Waals surface area contributed by atoms with Gasteiger partial charge in [0.25, 0.3) is 0 Å². The van der Waals surface area contributed by atoms with Crippen molar-refractivity contribution in [1.82, 2.24) is 0 Å². The number of hydrogen-bond donors (Lipinski definition) is 0. The maximum absolute atomic E-state index is 3.47. The van der Waals surface area contributed by atoms with E-state index in [4.69, 9.17) is 0 Å². The molecule has 1 aromatic heterocycles. The lowest BCUT2D eigenvalue weighted by Crippen LogP contribution is -3.00. The minimum absolute atomic E-state index is 0. The van der Waals surface area contributed by atoms with Crippen molar-refractivity contribution in [2.75, 3.05) is 0 Å². The minimum atomic E-state index is 0. The number of hydrogen-bond acceptors (Lipinski definition) is 0. The molecule has 0 amide bonds. The van der Waals surface area contributed by atoms with Crippen LogP contribution in [0.5, 0.6) is 0 Å². The maximum atomic E-state index is 3.47. The number of pyridine rings is 1. The average molecular weight is 419 g/mol. The summed E-state index contributed by atoms with van der Waals surface area (Å²) < 4.78 is 3.33. The van der Waals surface area contributed by atoms with E-state index in [1.54, 1.807) is 0 Å². The third-order valence-electron chi connectivity index (χ3n) is 3.49. The van der Waals surface area contributed by atoms with E-state index in [9.17, 15) is 0 Å². The summed E-state index contributed by atoms with van der Waals surface area (Å²) in [7, 11) is 0. The van der Waals surface area contributed by atoms with Crippen molar-refractivity contribution in [2.24, 2.45) is 0 Å². The van der Waals surface area contributed by atoms with Crippen molar-refractivity contribution in [3.63, 3.8) is 0 Å². The van der Waals surface area contributed by atoms with Crippen LogP contribution in [0.1, 0.15) is 16.7 Å². The van der Waals surface area contributed by atoms with Crippen LogP contribution in [0.4, 0.5) is 0 Å². The molecule has 0 aliphatic carbocycles. The fourth-order valence-corrected chi connectivity index (χ4v) is 2.61. The van der Waals surface area contributed by atoms with E-state index >= 15 is 0 Å². The van der Waals surface area contributed by atoms with Crippen LogP contribution in [-0.4, -0.2) is 0 Å². The van der Waals surface area contributed by atoms with Gasteiger partial charge in [0.15, 0.2) is 18.9 Å². The lowest BCUT2D eigenvalue weighted by Gasteiger charge is -2.02. The Hall–Kier alpha value is -1.45. The van der Waals surface area contributed by atoms with Gasteiger partial charge in [-0.3, -0.25) is 0 Å². The Kier molecular flexibility index (Phi) is 6.34. The first-order valence-electron chi connectivity index (χ1n) is 7.06. The first kappa shape index (κ1) is 16.9. The third kappa shape index (κ3) is 4.79. The monoisotopic (exact) mass is 417 g/mol. The molecular weight excluding hydrogens is 402 g/mol. The molecule has 22 heavy (non-hydrogen) atoms. The first-order valence-corrected chi connectivity index (χ1v) is 7.85. The quantitative estimate of drug-likeness (QED) is 0.563. The number of aromatic nitrogens is 1. The normalized spacial score (nSPS) is 10.0. The van der Waals surface area contributed by atoms with Crippen LogP contribution in [0, 0.1) is 0 Å². The van der Waals surface area contributed by atoms with Crippen LogP contribution >= 0.6 is 15.9 Å². The Labute approximate surface area is 150 Å². The Morgan fingerprint density at radius 2 is 1.27 bits per heavy atom. The van der Waals surface area contributed by atoms with Gasteiger partial charge in [0.05, 0.1) is 0 Å². The van der Waals surface area contributed by atoms with Crippen molar-refractivity contribution in [3.05, 3.63) is 100 Å². The van der Waals surface area contributed by atoms with Crippen LogP contribution in [-0.2, 0) is 13.0 Å². The zero-order valence-corrected chi connectivity index (χ0v) is 15.3. The molecule has 1 heterocycles. The van der Waals surface area contributed by atoms with Gasteiger partial charge in [-0.1, -0.05) is 58.4 Å². The Morgan fingerprint density at radius 3 is 1.91 bits per heavy atom. The summed E-state index contributed by atoms with van der Waals surface area (Å²) in [5.74, 6) is 0. The molecule has 1 nitrogen and oxygen atoms in total. The Balaban J connectivity index is 0.00000176. The highest BCUT2D eigenvalue weighted by Gasteiger charge is 2.03. The second-order valence-corrected chi connectivity index (χ2v) is 6.08. The molecule has 0 N–H and O–H groups in total. The second-order valence-electron chi connectivity index (χ2n) is 5.17. The lowest BCUT2D eigenvalue weighted by molar-refractivity contribution is -0.688. The molecule has 0 bridgehead atoms. The van der Waals surface area contributed by atoms with E-state index in [1.807, 2.05) is 0 Å². The summed E-state index contributed by atoms with van der Waals surface area (Å²) in [6.45, 7) is 0.916. The van der Waals surface area contributed by atoms with Crippen molar-refractivity contribution < 1.29 is 21.5 Å². The van der Waals surface area contributed by atoms with E-state index in [0.717, 1.165) is 17.4 Å². The van der Waals surface area contributed by atoms with Gasteiger partial charge in [-0.2, -0.15) is 0 Å². The summed E-state index contributed by atoms with van der Waals surface area (Å²) in [5, 5.41) is 0. The van der Waals surface area contributed by atoms with Crippen LogP contribution in [0.3, 0.4) is 0 Å². The first-order chi connectivity index (χ1) is 10.3. The van der Waals surface area contributed by atoms with Crippen molar-refractivity contribution in [2.45, 2.75) is 13.0 Å². The number of rotatable bonds is 4. The predicted molar refractivity (Wildman–Crippen MR) is 89.1 cm³/mol. The van der Waals surface area contributed by atoms with E-state index < -0.39 is 0 Å². The summed E-state index contributed by atoms with van der Waals surface area (Å²) in [5.41, 5.74) is 3.99. The van der Waals surface area contributed by atoms with Gasteiger partial charge in [0.1, 0.15) is 0 Å². The van der Waals surface area contributed by atoms with Crippen LogP contribution in [0.2, 0.25) is 0 Å². The molecule has 3 heteroatoms. The predicted octanol–water partition coefficient (Wildman–Crippen LogP) is 1.38. The number of nitrogens with zero attached hydrogens (tertiary/aromatic N) is 1. The Bertz CT molecular complexity index is 692. The zero-order valence-electron chi connectivity index (χ0n) is 12.1. The van der Waals surface area contributed by atoms with Gasteiger partial charge in [-0.05, 0) is 29.7 Å². The van der Waals surface area contributed by atoms with Crippen molar-refractivity contribution in [3.8, 4) is 0 Å². The molecule has 3 aromatic rings. The highest BCUT2D eigenvalue weighted by atomic mass is 79.9. The fourth-order valence-electron chi connectivity index (χ4n) is 2.34. The van der Waals surface area contributed by atoms with E-state index in [-0.39, 0.29) is 17.0 Å². The van der Waals surface area contributed by atoms with Crippen LogP contribution < -0.4 is 21.5 Å². The molecular formula is C19H17Br2N. The lowest BCUT2D eigenvalue weighted by atomic mass is 10.1. The number of benzene rings is 2. The van der Waals surface area contributed by atoms with E-state index in [2.05, 4.69) is 99.6 Å². The summed E-state index contributed by atoms with van der Waals surface area (Å²) in [6, 6.07) is 23.4. The molecule has 3 rings (SSSR count). The van der Waals surface area contributed by atoms with Crippen molar-refractivity contribution >= 4 is 15.9 Å². The molecule has 0 fully saturated rings. The molecule has 0 radical (unpaired) electrons. The largest absolute Gasteiger partial charge is 1.00 e. The molecule has 0 saturated carbocycles. The average Bonchev–Trinajstić information content (AvgIpc) is 2.53. The summed E-state index contributed by atoms with van der Waals surface area (Å²) in [4.78, 5) is 0. The molecule has 0 atom stereocenters. The molecule has 0 aliphatic heterocycles. The molecule has 0 aliphatic rings. The molecule has 0 saturated heterocycles. The number of halogens is 2. The highest BCUT2D eigenvalue weighted by molar-refractivity contribution is 9.10. The van der Waals surface area contributed by atoms with E-state index in [0.29, 0.717) is 0 Å². The molecule has 0 unspecified atom stereocenters. The zero-order chi connectivity index (χ0) is 14.5. The molecule has 0 spiro atoms. The topological polar surface area (TPSA) is 3.88 Å². The standard InChI is InChI=1S/C19H17BrN.BrH/c20-19-8-6-16(7-9-19)14-17-10-12-21(13-11-17)15-18-4-2-1-3-5-18;/h1-13H,14-15H2;1H/q+1;/p-1. The molecule has 112 valence electrons. The summed E-state index contributed by atoms with van der Waals surface area (Å²) >= 11 is 3.47. The van der Waals surface area contributed by atoms with Gasteiger partial charge in [-0.15, -0.1) is 0 Å². The van der Waals surface area contributed by atoms with Gasteiger partial charge in [0, 0.05) is 22.2 Å². The maximum Gasteiger partial charge on any atom is 0.173 e. The van der Waals surface area contributed by atoms with Gasteiger partial charge in [0.2, 0.25) is 0 Å². The highest BCUT2D eigenvalue weighted by Crippen LogP contribution is 2.13. The van der Waals surface area contributed by atoms with Crippen LogP contribution in [0.15, 0.2) is 83.6 Å². The summed E-state index contributed by atoms with van der Waals surface area (Å²) in [6.07, 6.45) is 5.28. The van der Waals surface area contributed by atoms with E-state index in [1.165, 1.54) is 16.7 Å². The Morgan fingerprint density at radius 1 is 0.682 bits per heavy atom. The van der Waals surface area contributed by atoms with Gasteiger partial charge < -0.3 is 17.0 Å². The van der Waals surface area contributed by atoms with Gasteiger partial charge in [-0.25, -0.2) is 4.57 Å². The smallest absolute Gasteiger partial charge is 0.173 e. The van der Waals surface area contributed by atoms with Crippen molar-refractivity contribution in [1.29, 1.82) is 0 Å². The third-order valence-corrected chi connectivity index (χ3v) is 4.02. The molecule has 2 aromatic carbocycles. The second kappa shape index (κ2) is 8.25. The van der Waals surface area contributed by atoms with Gasteiger partial charge >= 0.3 is 0 Å². The van der Waals surface area contributed by atoms with Crippen LogP contribution in [0.25, 0.3) is 0 Å². The fraction of sp³-hybridized carbons (Fsp3) is 0.105. The minimum Gasteiger partial charge on any atom is -1.00 e. The SMILES string of the molecule is Brc1ccc(Cc2cc[n+](Cc3ccccc3)cc2)cc1.[Br-].